The minimum atomic E-state index is -0.199. The summed E-state index contributed by atoms with van der Waals surface area (Å²) < 4.78 is 0. The van der Waals surface area contributed by atoms with Crippen molar-refractivity contribution in [1.82, 2.24) is 10.2 Å². The molecule has 27 heavy (non-hydrogen) atoms. The predicted octanol–water partition coefficient (Wildman–Crippen LogP) is 2.70. The Bertz CT molecular complexity index is 830. The van der Waals surface area contributed by atoms with Crippen LogP contribution >= 0.6 is 0 Å². The van der Waals surface area contributed by atoms with E-state index in [9.17, 15) is 14.4 Å². The molecule has 3 rings (SSSR count). The molecule has 0 spiro atoms. The van der Waals surface area contributed by atoms with E-state index < -0.39 is 0 Å². The van der Waals surface area contributed by atoms with Crippen LogP contribution in [0.1, 0.15) is 41.3 Å². The van der Waals surface area contributed by atoms with E-state index in [1.807, 2.05) is 31.2 Å². The van der Waals surface area contributed by atoms with Crippen molar-refractivity contribution in [3.05, 3.63) is 65.2 Å². The molecule has 1 fully saturated rings. The Morgan fingerprint density at radius 2 is 1.70 bits per heavy atom. The molecule has 1 saturated heterocycles. The van der Waals surface area contributed by atoms with E-state index in [1.54, 1.807) is 24.3 Å². The van der Waals surface area contributed by atoms with Crippen molar-refractivity contribution in [3.8, 4) is 0 Å². The van der Waals surface area contributed by atoms with Gasteiger partial charge in [-0.1, -0.05) is 31.2 Å². The summed E-state index contributed by atoms with van der Waals surface area (Å²) in [6.45, 7) is 3.94. The lowest BCUT2D eigenvalue weighted by Gasteiger charge is -2.14. The van der Waals surface area contributed by atoms with Crippen molar-refractivity contribution in [1.29, 1.82) is 0 Å². The average molecular weight is 365 g/mol. The summed E-state index contributed by atoms with van der Waals surface area (Å²) in [4.78, 5) is 37.1. The van der Waals surface area contributed by atoms with Crippen LogP contribution in [0.4, 0.5) is 5.69 Å². The third kappa shape index (κ3) is 4.80. The number of nitrogens with one attached hydrogen (secondary N) is 2. The van der Waals surface area contributed by atoms with E-state index in [2.05, 4.69) is 10.6 Å². The summed E-state index contributed by atoms with van der Waals surface area (Å²) in [5.74, 6) is -0.478. The zero-order valence-corrected chi connectivity index (χ0v) is 15.3. The summed E-state index contributed by atoms with van der Waals surface area (Å²) in [6.07, 6.45) is 0.568. The van der Waals surface area contributed by atoms with Crippen LogP contribution in [0.5, 0.6) is 0 Å². The maximum Gasteiger partial charge on any atom is 0.255 e. The molecule has 1 aliphatic heterocycles. The van der Waals surface area contributed by atoms with Gasteiger partial charge in [-0.2, -0.15) is 0 Å². The topological polar surface area (TPSA) is 78.5 Å². The Hall–Kier alpha value is -2.99. The summed E-state index contributed by atoms with van der Waals surface area (Å²) >= 11 is 0. The fourth-order valence-corrected chi connectivity index (χ4v) is 2.97. The molecule has 2 N–H and O–H groups in total. The summed E-state index contributed by atoms with van der Waals surface area (Å²) in [7, 11) is 0. The average Bonchev–Trinajstić information content (AvgIpc) is 2.99. The second-order valence-corrected chi connectivity index (χ2v) is 6.51. The summed E-state index contributed by atoms with van der Waals surface area (Å²) in [5, 5.41) is 6.15. The molecule has 0 aromatic heterocycles. The number of hydrogen-bond donors (Lipinski definition) is 2. The highest BCUT2D eigenvalue weighted by molar-refractivity contribution is 6.04. The number of imide groups is 1. The van der Waals surface area contributed by atoms with Gasteiger partial charge in [-0.15, -0.1) is 0 Å². The van der Waals surface area contributed by atoms with Gasteiger partial charge in [0.25, 0.3) is 5.91 Å². The second-order valence-electron chi connectivity index (χ2n) is 6.51. The highest BCUT2D eigenvalue weighted by Gasteiger charge is 2.28. The first-order valence-corrected chi connectivity index (χ1v) is 9.10. The van der Waals surface area contributed by atoms with Crippen molar-refractivity contribution >= 4 is 23.4 Å². The fraction of sp³-hybridized carbons (Fsp3) is 0.286. The van der Waals surface area contributed by atoms with Crippen molar-refractivity contribution in [2.24, 2.45) is 0 Å². The first-order chi connectivity index (χ1) is 13.1. The fourth-order valence-electron chi connectivity index (χ4n) is 2.97. The van der Waals surface area contributed by atoms with Gasteiger partial charge >= 0.3 is 0 Å². The number of carbonyl (C=O) groups is 3. The lowest BCUT2D eigenvalue weighted by atomic mass is 10.1. The van der Waals surface area contributed by atoms with E-state index in [0.717, 1.165) is 29.9 Å². The summed E-state index contributed by atoms with van der Waals surface area (Å²) in [5.41, 5.74) is 3.19. The van der Waals surface area contributed by atoms with Crippen molar-refractivity contribution in [3.63, 3.8) is 0 Å². The number of carbonyl (C=O) groups excluding carboxylic acids is 3. The second kappa shape index (κ2) is 8.60. The molecule has 0 aliphatic carbocycles. The lowest BCUT2D eigenvalue weighted by molar-refractivity contribution is -0.139. The lowest BCUT2D eigenvalue weighted by Crippen LogP contribution is -2.28. The third-order valence-electron chi connectivity index (χ3n) is 4.48. The van der Waals surface area contributed by atoms with Crippen LogP contribution in [0, 0.1) is 0 Å². The molecule has 1 aliphatic rings. The highest BCUT2D eigenvalue weighted by Crippen LogP contribution is 2.17. The molecule has 6 heteroatoms. The number of likely N-dealkylation sites (tertiary alicyclic amines) is 1. The van der Waals surface area contributed by atoms with Crippen LogP contribution in [0.3, 0.4) is 0 Å². The first kappa shape index (κ1) is 18.8. The smallest absolute Gasteiger partial charge is 0.255 e. The molecule has 6 nitrogen and oxygen atoms in total. The van der Waals surface area contributed by atoms with E-state index in [1.165, 1.54) is 4.90 Å². The van der Waals surface area contributed by atoms with Gasteiger partial charge in [0.05, 0.1) is 6.54 Å². The van der Waals surface area contributed by atoms with Gasteiger partial charge in [0.1, 0.15) is 0 Å². The number of amides is 3. The molecular formula is C21H23N3O3. The molecule has 0 radical (unpaired) electrons. The number of benzene rings is 2. The molecule has 3 amide bonds. The Labute approximate surface area is 158 Å². The monoisotopic (exact) mass is 365 g/mol. The molecule has 0 unspecified atom stereocenters. The minimum Gasteiger partial charge on any atom is -0.322 e. The number of hydrogen-bond acceptors (Lipinski definition) is 4. The van der Waals surface area contributed by atoms with Crippen LogP contribution < -0.4 is 10.6 Å². The van der Waals surface area contributed by atoms with Gasteiger partial charge in [0.15, 0.2) is 0 Å². The zero-order chi connectivity index (χ0) is 19.2. The Balaban J connectivity index is 1.62. The normalized spacial score (nSPS) is 13.9. The molecule has 0 atom stereocenters. The molecule has 0 saturated carbocycles. The van der Waals surface area contributed by atoms with Crippen LogP contribution in [0.15, 0.2) is 48.5 Å². The quantitative estimate of drug-likeness (QED) is 0.740. The molecule has 140 valence electrons. The van der Waals surface area contributed by atoms with Crippen LogP contribution in [-0.2, 0) is 22.7 Å². The minimum absolute atomic E-state index is 0.140. The Morgan fingerprint density at radius 3 is 2.37 bits per heavy atom. The van der Waals surface area contributed by atoms with E-state index >= 15 is 0 Å². The summed E-state index contributed by atoms with van der Waals surface area (Å²) in [6, 6.07) is 14.7. The van der Waals surface area contributed by atoms with Crippen molar-refractivity contribution in [2.45, 2.75) is 32.9 Å². The van der Waals surface area contributed by atoms with Crippen LogP contribution in [0.25, 0.3) is 0 Å². The van der Waals surface area contributed by atoms with E-state index in [-0.39, 0.29) is 37.1 Å². The van der Waals surface area contributed by atoms with Gasteiger partial charge in [0.2, 0.25) is 11.8 Å². The molecule has 0 bridgehead atoms. The van der Waals surface area contributed by atoms with Gasteiger partial charge in [-0.3, -0.25) is 19.3 Å². The SMILES string of the molecule is CCNCc1cccc(NC(=O)c2ccc(CN3C(=O)CCC3=O)cc2)c1. The number of nitrogens with zero attached hydrogens (tertiary/aromatic N) is 1. The number of rotatable bonds is 7. The predicted molar refractivity (Wildman–Crippen MR) is 103 cm³/mol. The van der Waals surface area contributed by atoms with Crippen molar-refractivity contribution in [2.75, 3.05) is 11.9 Å². The van der Waals surface area contributed by atoms with Crippen LogP contribution in [0.2, 0.25) is 0 Å². The highest BCUT2D eigenvalue weighted by atomic mass is 16.2. The van der Waals surface area contributed by atoms with E-state index in [0.29, 0.717) is 5.56 Å². The van der Waals surface area contributed by atoms with Gasteiger partial charge in [-0.25, -0.2) is 0 Å². The number of anilines is 1. The van der Waals surface area contributed by atoms with Gasteiger partial charge < -0.3 is 10.6 Å². The molecular weight excluding hydrogens is 342 g/mol. The zero-order valence-electron chi connectivity index (χ0n) is 15.3. The largest absolute Gasteiger partial charge is 0.322 e. The standard InChI is InChI=1S/C21H23N3O3/c1-2-22-13-16-4-3-5-18(12-16)23-21(27)17-8-6-15(7-9-17)14-24-19(25)10-11-20(24)26/h3-9,12,22H,2,10-11,13-14H2,1H3,(H,23,27). The van der Waals surface area contributed by atoms with Crippen LogP contribution in [-0.4, -0.2) is 29.2 Å². The Kier molecular flexibility index (Phi) is 5.98. The van der Waals surface area contributed by atoms with Crippen molar-refractivity contribution < 1.29 is 14.4 Å². The molecule has 2 aromatic rings. The first-order valence-electron chi connectivity index (χ1n) is 9.10. The Morgan fingerprint density at radius 1 is 1.00 bits per heavy atom. The molecule has 2 aromatic carbocycles. The van der Waals surface area contributed by atoms with Gasteiger partial charge in [0, 0.05) is 30.6 Å². The molecule has 1 heterocycles. The van der Waals surface area contributed by atoms with E-state index in [4.69, 9.17) is 0 Å². The third-order valence-corrected chi connectivity index (χ3v) is 4.48. The maximum atomic E-state index is 12.5. The van der Waals surface area contributed by atoms with Gasteiger partial charge in [-0.05, 0) is 41.9 Å². The maximum absolute atomic E-state index is 12.5.